The van der Waals surface area contributed by atoms with E-state index in [4.69, 9.17) is 28.3 Å². The van der Waals surface area contributed by atoms with E-state index in [9.17, 15) is 9.59 Å². The van der Waals surface area contributed by atoms with Gasteiger partial charge >= 0.3 is 5.97 Å². The Morgan fingerprint density at radius 3 is 2.55 bits per heavy atom. The molecule has 0 fully saturated rings. The molecule has 122 valence electrons. The Morgan fingerprint density at radius 2 is 2.05 bits per heavy atom. The zero-order valence-corrected chi connectivity index (χ0v) is 15.6. The number of Topliss-reactive ketones (excluding diaryl/α,β-unsaturated/α-hetero) is 1. The molecule has 0 aromatic carbocycles. The quantitative estimate of drug-likeness (QED) is 0.331. The van der Waals surface area contributed by atoms with E-state index in [1.54, 1.807) is 36.2 Å². The Kier molecular flexibility index (Phi) is 9.65. The maximum atomic E-state index is 11.7. The zero-order valence-electron chi connectivity index (χ0n) is 12.5. The van der Waals surface area contributed by atoms with Crippen molar-refractivity contribution in [3.63, 3.8) is 0 Å². The molecule has 0 aliphatic heterocycles. The molecule has 0 bridgehead atoms. The van der Waals surface area contributed by atoms with Gasteiger partial charge in [0.1, 0.15) is 0 Å². The van der Waals surface area contributed by atoms with E-state index in [1.807, 2.05) is 6.92 Å². The molecule has 0 spiro atoms. The second-order valence-electron chi connectivity index (χ2n) is 4.95. The average molecular weight is 410 g/mol. The van der Waals surface area contributed by atoms with Crippen LogP contribution in [0.5, 0.6) is 0 Å². The molecule has 22 heavy (non-hydrogen) atoms. The van der Waals surface area contributed by atoms with Gasteiger partial charge < -0.3 is 5.11 Å². The second-order valence-corrected chi connectivity index (χ2v) is 6.77. The maximum Gasteiger partial charge on any atom is 0.307 e. The van der Waals surface area contributed by atoms with Gasteiger partial charge in [-0.3, -0.25) is 9.59 Å². The number of hydrogen-bond acceptors (Lipinski definition) is 2. The number of alkyl halides is 2. The van der Waals surface area contributed by atoms with Gasteiger partial charge in [0.05, 0.1) is 16.7 Å². The van der Waals surface area contributed by atoms with Crippen molar-refractivity contribution in [1.29, 1.82) is 0 Å². The summed E-state index contributed by atoms with van der Waals surface area (Å²) in [6, 6.07) is 0. The molecule has 0 heterocycles. The van der Waals surface area contributed by atoms with Crippen LogP contribution >= 0.6 is 39.1 Å². The van der Waals surface area contributed by atoms with E-state index in [0.717, 1.165) is 5.57 Å². The predicted octanol–water partition coefficient (Wildman–Crippen LogP) is 4.99. The molecule has 0 aromatic heterocycles. The Bertz CT molecular complexity index is 519. The van der Waals surface area contributed by atoms with Crippen LogP contribution in [0.15, 0.2) is 47.0 Å². The van der Waals surface area contributed by atoms with Crippen molar-refractivity contribution in [2.45, 2.75) is 36.9 Å². The monoisotopic (exact) mass is 408 g/mol. The first-order valence-corrected chi connectivity index (χ1v) is 8.21. The minimum atomic E-state index is -1.06. The van der Waals surface area contributed by atoms with Crippen molar-refractivity contribution in [1.82, 2.24) is 0 Å². The number of ketones is 1. The topological polar surface area (TPSA) is 54.4 Å². The van der Waals surface area contributed by atoms with Crippen molar-refractivity contribution in [3.05, 3.63) is 47.0 Å². The van der Waals surface area contributed by atoms with Crippen LogP contribution in [-0.4, -0.2) is 27.1 Å². The highest BCUT2D eigenvalue weighted by Gasteiger charge is 2.25. The fraction of sp³-hybridized carbons (Fsp3) is 0.375. The van der Waals surface area contributed by atoms with Crippen molar-refractivity contribution < 1.29 is 14.7 Å². The van der Waals surface area contributed by atoms with Crippen LogP contribution in [0, 0.1) is 0 Å². The van der Waals surface area contributed by atoms with E-state index in [0.29, 0.717) is 0 Å². The van der Waals surface area contributed by atoms with Gasteiger partial charge in [0.25, 0.3) is 0 Å². The van der Waals surface area contributed by atoms with Crippen LogP contribution < -0.4 is 0 Å². The number of carbonyl (C=O) groups is 2. The van der Waals surface area contributed by atoms with E-state index >= 15 is 0 Å². The van der Waals surface area contributed by atoms with Crippen LogP contribution in [0.25, 0.3) is 0 Å². The molecule has 0 unspecified atom stereocenters. The maximum absolute atomic E-state index is 11.7. The Balaban J connectivity index is 4.63. The molecule has 0 saturated carbocycles. The molecular formula is C16H19BrCl2O3. The highest BCUT2D eigenvalue weighted by Crippen LogP contribution is 2.27. The van der Waals surface area contributed by atoms with Gasteiger partial charge in [0.2, 0.25) is 0 Å². The summed E-state index contributed by atoms with van der Waals surface area (Å²) in [5.41, 5.74) is 0.920. The molecule has 3 nitrogen and oxygen atoms in total. The molecule has 0 rings (SSSR count). The van der Waals surface area contributed by atoms with Crippen LogP contribution in [0.1, 0.15) is 26.7 Å². The lowest BCUT2D eigenvalue weighted by molar-refractivity contribution is -0.136. The number of carboxylic acid groups (broad SMARTS) is 1. The standard InChI is InChI=1S/C16H19BrCl2O3/c1-11(4-6-13(20)12(2)10-15(21)22)5-7-14(18)16(3,19)8-9-17/h4-5,7-9,14H,2,6,10H2,1,3H3,(H,21,22)/b7-5+,9-8+,11-4+/t14-,16-/m1/s1. The van der Waals surface area contributed by atoms with Gasteiger partial charge in [-0.05, 0) is 24.4 Å². The first-order chi connectivity index (χ1) is 10.1. The largest absolute Gasteiger partial charge is 0.481 e. The minimum absolute atomic E-state index is 0.0894. The molecule has 1 N–H and O–H groups in total. The van der Waals surface area contributed by atoms with Gasteiger partial charge in [-0.2, -0.15) is 0 Å². The molecule has 0 radical (unpaired) electrons. The number of carboxylic acids is 1. The Labute approximate surface area is 149 Å². The molecule has 0 amide bonds. The van der Waals surface area contributed by atoms with Gasteiger partial charge in [-0.15, -0.1) is 23.2 Å². The summed E-state index contributed by atoms with van der Waals surface area (Å²) in [5.74, 6) is -1.35. The number of carbonyl (C=O) groups excluding carboxylic acids is 1. The summed E-state index contributed by atoms with van der Waals surface area (Å²) in [4.78, 5) is 23.1. The van der Waals surface area contributed by atoms with Crippen molar-refractivity contribution in [3.8, 4) is 0 Å². The summed E-state index contributed by atoms with van der Waals surface area (Å²) >= 11 is 15.6. The lowest BCUT2D eigenvalue weighted by Crippen LogP contribution is -2.24. The van der Waals surface area contributed by atoms with Crippen LogP contribution in [-0.2, 0) is 9.59 Å². The molecule has 0 aromatic rings. The van der Waals surface area contributed by atoms with E-state index in [2.05, 4.69) is 22.5 Å². The number of rotatable bonds is 9. The lowest BCUT2D eigenvalue weighted by atomic mass is 10.0. The Morgan fingerprint density at radius 1 is 1.45 bits per heavy atom. The van der Waals surface area contributed by atoms with Crippen molar-refractivity contribution in [2.75, 3.05) is 0 Å². The molecule has 0 aliphatic carbocycles. The van der Waals surface area contributed by atoms with E-state index < -0.39 is 16.2 Å². The van der Waals surface area contributed by atoms with Crippen LogP contribution in [0.4, 0.5) is 0 Å². The van der Waals surface area contributed by atoms with Crippen LogP contribution in [0.2, 0.25) is 0 Å². The summed E-state index contributed by atoms with van der Waals surface area (Å²) in [6.45, 7) is 7.07. The fourth-order valence-electron chi connectivity index (χ4n) is 1.39. The highest BCUT2D eigenvalue weighted by molar-refractivity contribution is 9.11. The number of halogens is 3. The summed E-state index contributed by atoms with van der Waals surface area (Å²) in [5, 5.41) is 8.17. The van der Waals surface area contributed by atoms with Crippen LogP contribution in [0.3, 0.4) is 0 Å². The molecular weight excluding hydrogens is 391 g/mol. The first kappa shape index (κ1) is 21.2. The van der Waals surface area contributed by atoms with E-state index in [-0.39, 0.29) is 24.2 Å². The van der Waals surface area contributed by atoms with Crippen molar-refractivity contribution in [2.24, 2.45) is 0 Å². The average Bonchev–Trinajstić information content (AvgIpc) is 2.40. The van der Waals surface area contributed by atoms with Gasteiger partial charge in [0, 0.05) is 6.42 Å². The lowest BCUT2D eigenvalue weighted by Gasteiger charge is -2.20. The smallest absolute Gasteiger partial charge is 0.307 e. The second kappa shape index (κ2) is 10.0. The predicted molar refractivity (Wildman–Crippen MR) is 95.9 cm³/mol. The zero-order chi connectivity index (χ0) is 17.3. The third-order valence-electron chi connectivity index (χ3n) is 2.82. The van der Waals surface area contributed by atoms with E-state index in [1.165, 1.54) is 0 Å². The number of allylic oxidation sites excluding steroid dienone is 5. The third kappa shape index (κ3) is 8.57. The summed E-state index contributed by atoms with van der Waals surface area (Å²) < 4.78 is 0. The molecule has 2 atom stereocenters. The SMILES string of the molecule is C=C(CC(=O)O)C(=O)C/C=C(C)/C=C/[C@@H](Cl)[C@](C)(Cl)/C=C/Br. The molecule has 0 saturated heterocycles. The van der Waals surface area contributed by atoms with Crippen molar-refractivity contribution >= 4 is 50.9 Å². The minimum Gasteiger partial charge on any atom is -0.481 e. The number of aliphatic carboxylic acids is 1. The molecule has 6 heteroatoms. The molecule has 0 aliphatic rings. The third-order valence-corrected chi connectivity index (χ3v) is 4.16. The summed E-state index contributed by atoms with van der Waals surface area (Å²) in [6.07, 6.45) is 6.71. The number of hydrogen-bond donors (Lipinski definition) is 1. The fourth-order valence-corrected chi connectivity index (χ4v) is 2.37. The Hall–Kier alpha value is -0.840. The highest BCUT2D eigenvalue weighted by atomic mass is 79.9. The van der Waals surface area contributed by atoms with Gasteiger partial charge in [-0.25, -0.2) is 0 Å². The first-order valence-electron chi connectivity index (χ1n) is 6.48. The van der Waals surface area contributed by atoms with Gasteiger partial charge in [-0.1, -0.05) is 52.4 Å². The normalized spacial score (nSPS) is 16.7. The summed E-state index contributed by atoms with van der Waals surface area (Å²) in [7, 11) is 0. The van der Waals surface area contributed by atoms with Gasteiger partial charge in [0.15, 0.2) is 5.78 Å².